The molecule has 0 aromatic heterocycles. The molecule has 0 spiro atoms. The maximum atomic E-state index is 13.8. The van der Waals surface area contributed by atoms with E-state index in [-0.39, 0.29) is 42.1 Å². The van der Waals surface area contributed by atoms with Crippen LogP contribution in [0.4, 0.5) is 4.39 Å². The average Bonchev–Trinajstić information content (AvgIpc) is 2.34. The second-order valence-electron chi connectivity index (χ2n) is 6.23. The first-order chi connectivity index (χ1) is 8.89. The maximum absolute atomic E-state index is 13.8. The van der Waals surface area contributed by atoms with E-state index in [1.165, 1.54) is 0 Å². The Morgan fingerprint density at radius 2 is 1.76 bits per heavy atom. The van der Waals surface area contributed by atoms with Crippen molar-refractivity contribution in [2.45, 2.75) is 26.8 Å². The number of nitrogens with zero attached hydrogens (tertiary/aromatic N) is 1. The number of rotatable bonds is 2. The highest BCUT2D eigenvalue weighted by atomic mass is 79.9. The summed E-state index contributed by atoms with van der Waals surface area (Å²) >= 11 is 3.23. The molecule has 6 heteroatoms. The van der Waals surface area contributed by atoms with Crippen molar-refractivity contribution in [2.24, 2.45) is 5.41 Å². The van der Waals surface area contributed by atoms with Crippen LogP contribution in [0.1, 0.15) is 32.4 Å². The van der Waals surface area contributed by atoms with Crippen LogP contribution in [-0.2, 0) is 0 Å². The highest BCUT2D eigenvalue weighted by Gasteiger charge is 2.32. The summed E-state index contributed by atoms with van der Waals surface area (Å²) in [6.07, 6.45) is 0. The van der Waals surface area contributed by atoms with Gasteiger partial charge in [0.15, 0.2) is 0 Å². The first-order valence-corrected chi connectivity index (χ1v) is 7.58. The fraction of sp³-hybridized carbons (Fsp3) is 0.600. The van der Waals surface area contributed by atoms with Gasteiger partial charge in [0.1, 0.15) is 5.82 Å². The van der Waals surface area contributed by atoms with Crippen LogP contribution in [0.25, 0.3) is 0 Å². The average molecular weight is 402 g/mol. The maximum Gasteiger partial charge on any atom is 0.137 e. The molecule has 1 aromatic rings. The molecule has 0 amide bonds. The van der Waals surface area contributed by atoms with Crippen LogP contribution in [0.2, 0.25) is 0 Å². The first kappa shape index (κ1) is 21.1. The molecule has 1 aliphatic rings. The lowest BCUT2D eigenvalue weighted by Gasteiger charge is -2.42. The predicted molar refractivity (Wildman–Crippen MR) is 95.2 cm³/mol. The summed E-state index contributed by atoms with van der Waals surface area (Å²) < 4.78 is 14.3. The minimum Gasteiger partial charge on any atom is -0.314 e. The Morgan fingerprint density at radius 3 is 2.24 bits per heavy atom. The molecule has 21 heavy (non-hydrogen) atoms. The largest absolute Gasteiger partial charge is 0.314 e. The first-order valence-electron chi connectivity index (χ1n) is 6.79. The standard InChI is InChI=1S/C15H22BrFN2.2ClH/c1-15(2,3)14(19-8-6-18-7-9-19)11-4-5-12(16)13(17)10-11;;/h4-5,10,14,18H,6-9H2,1-3H3;2*1H/t14-;;/m1../s1. The topological polar surface area (TPSA) is 15.3 Å². The van der Waals surface area contributed by atoms with E-state index in [2.05, 4.69) is 46.9 Å². The van der Waals surface area contributed by atoms with E-state index in [9.17, 15) is 4.39 Å². The molecule has 1 atom stereocenters. The molecule has 1 fully saturated rings. The second kappa shape index (κ2) is 8.68. The Balaban J connectivity index is 0.00000200. The third-order valence-corrected chi connectivity index (χ3v) is 4.24. The molecule has 2 rings (SSSR count). The number of halogens is 4. The zero-order valence-electron chi connectivity index (χ0n) is 12.7. The van der Waals surface area contributed by atoms with E-state index in [1.54, 1.807) is 6.07 Å². The Kier molecular flexibility index (Phi) is 8.74. The molecular weight excluding hydrogens is 378 g/mol. The minimum absolute atomic E-state index is 0. The lowest BCUT2D eigenvalue weighted by Crippen LogP contribution is -2.48. The summed E-state index contributed by atoms with van der Waals surface area (Å²) in [5.74, 6) is -0.179. The molecule has 0 radical (unpaired) electrons. The Hall–Kier alpha value is 0.130. The lowest BCUT2D eigenvalue weighted by atomic mass is 9.81. The molecule has 1 N–H and O–H groups in total. The van der Waals surface area contributed by atoms with E-state index >= 15 is 0 Å². The molecular formula is C15H24BrCl2FN2. The monoisotopic (exact) mass is 400 g/mol. The molecule has 122 valence electrons. The molecule has 1 heterocycles. The van der Waals surface area contributed by atoms with Gasteiger partial charge in [-0.05, 0) is 39.0 Å². The van der Waals surface area contributed by atoms with Crippen molar-refractivity contribution in [3.63, 3.8) is 0 Å². The zero-order valence-corrected chi connectivity index (χ0v) is 15.9. The van der Waals surface area contributed by atoms with Crippen molar-refractivity contribution in [2.75, 3.05) is 26.2 Å². The lowest BCUT2D eigenvalue weighted by molar-refractivity contribution is 0.0860. The molecule has 1 saturated heterocycles. The third-order valence-electron chi connectivity index (χ3n) is 3.60. The van der Waals surface area contributed by atoms with Gasteiger partial charge in [0.25, 0.3) is 0 Å². The Labute approximate surface area is 147 Å². The van der Waals surface area contributed by atoms with Gasteiger partial charge in [-0.1, -0.05) is 26.8 Å². The van der Waals surface area contributed by atoms with Gasteiger partial charge in [-0.2, -0.15) is 0 Å². The Bertz CT molecular complexity index is 446. The van der Waals surface area contributed by atoms with Crippen LogP contribution in [0.5, 0.6) is 0 Å². The van der Waals surface area contributed by atoms with Gasteiger partial charge < -0.3 is 5.32 Å². The second-order valence-corrected chi connectivity index (χ2v) is 7.08. The third kappa shape index (κ3) is 5.36. The highest BCUT2D eigenvalue weighted by Crippen LogP contribution is 2.38. The molecule has 1 aliphatic heterocycles. The van der Waals surface area contributed by atoms with Gasteiger partial charge in [0.2, 0.25) is 0 Å². The van der Waals surface area contributed by atoms with E-state index in [1.807, 2.05) is 12.1 Å². The number of hydrogen-bond acceptors (Lipinski definition) is 2. The van der Waals surface area contributed by atoms with Crippen LogP contribution in [-0.4, -0.2) is 31.1 Å². The number of benzene rings is 1. The van der Waals surface area contributed by atoms with Gasteiger partial charge in [-0.3, -0.25) is 4.90 Å². The van der Waals surface area contributed by atoms with Crippen molar-refractivity contribution in [3.8, 4) is 0 Å². The van der Waals surface area contributed by atoms with E-state index in [0.717, 1.165) is 31.7 Å². The number of nitrogens with one attached hydrogen (secondary N) is 1. The fourth-order valence-corrected chi connectivity index (χ4v) is 3.13. The van der Waals surface area contributed by atoms with Gasteiger partial charge >= 0.3 is 0 Å². The summed E-state index contributed by atoms with van der Waals surface area (Å²) in [7, 11) is 0. The van der Waals surface area contributed by atoms with E-state index < -0.39 is 0 Å². The highest BCUT2D eigenvalue weighted by molar-refractivity contribution is 9.10. The van der Waals surface area contributed by atoms with Crippen molar-refractivity contribution in [1.82, 2.24) is 10.2 Å². The number of hydrogen-bond donors (Lipinski definition) is 1. The van der Waals surface area contributed by atoms with Crippen molar-refractivity contribution >= 4 is 40.7 Å². The molecule has 0 aliphatic carbocycles. The molecule has 0 bridgehead atoms. The van der Waals surface area contributed by atoms with Gasteiger partial charge in [0.05, 0.1) is 4.47 Å². The summed E-state index contributed by atoms with van der Waals surface area (Å²) in [4.78, 5) is 2.46. The molecule has 1 aromatic carbocycles. The number of piperazine rings is 1. The van der Waals surface area contributed by atoms with Crippen LogP contribution in [0.3, 0.4) is 0 Å². The van der Waals surface area contributed by atoms with Crippen LogP contribution >= 0.6 is 40.7 Å². The Morgan fingerprint density at radius 1 is 1.19 bits per heavy atom. The smallest absolute Gasteiger partial charge is 0.137 e. The van der Waals surface area contributed by atoms with Crippen LogP contribution in [0.15, 0.2) is 22.7 Å². The van der Waals surface area contributed by atoms with Crippen LogP contribution < -0.4 is 5.32 Å². The summed E-state index contributed by atoms with van der Waals surface area (Å²) in [6, 6.07) is 5.76. The van der Waals surface area contributed by atoms with E-state index in [4.69, 9.17) is 0 Å². The van der Waals surface area contributed by atoms with Crippen LogP contribution in [0, 0.1) is 11.2 Å². The van der Waals surface area contributed by atoms with Crippen molar-refractivity contribution in [1.29, 1.82) is 0 Å². The molecule has 0 unspecified atom stereocenters. The zero-order chi connectivity index (χ0) is 14.0. The summed E-state index contributed by atoms with van der Waals surface area (Å²) in [6.45, 7) is 10.7. The predicted octanol–water partition coefficient (Wildman–Crippen LogP) is 4.42. The quantitative estimate of drug-likeness (QED) is 0.788. The van der Waals surface area contributed by atoms with Gasteiger partial charge in [-0.15, -0.1) is 24.8 Å². The minimum atomic E-state index is -0.179. The SMILES string of the molecule is CC(C)(C)[C@@H](c1ccc(Br)c(F)c1)N1CCNCC1.Cl.Cl. The summed E-state index contributed by atoms with van der Waals surface area (Å²) in [5.41, 5.74) is 1.15. The van der Waals surface area contributed by atoms with Crippen molar-refractivity contribution in [3.05, 3.63) is 34.1 Å². The normalized spacial score (nSPS) is 17.6. The summed E-state index contributed by atoms with van der Waals surface area (Å²) in [5, 5.41) is 3.37. The molecule has 0 saturated carbocycles. The van der Waals surface area contributed by atoms with Gasteiger partial charge in [-0.25, -0.2) is 4.39 Å². The van der Waals surface area contributed by atoms with Crippen molar-refractivity contribution < 1.29 is 4.39 Å². The van der Waals surface area contributed by atoms with Gasteiger partial charge in [0, 0.05) is 32.2 Å². The fourth-order valence-electron chi connectivity index (χ4n) is 2.88. The molecule has 2 nitrogen and oxygen atoms in total. The van der Waals surface area contributed by atoms with E-state index in [0.29, 0.717) is 4.47 Å².